The lowest BCUT2D eigenvalue weighted by atomic mass is 9.96. The van der Waals surface area contributed by atoms with Gasteiger partial charge in [0.05, 0.1) is 6.54 Å². The molecule has 0 saturated heterocycles. The molecule has 0 unspecified atom stereocenters. The summed E-state index contributed by atoms with van der Waals surface area (Å²) in [5, 5.41) is 0. The molecule has 0 aliphatic rings. The van der Waals surface area contributed by atoms with E-state index < -0.39 is 11.6 Å². The van der Waals surface area contributed by atoms with E-state index in [4.69, 9.17) is 0 Å². The zero-order valence-corrected chi connectivity index (χ0v) is 14.7. The van der Waals surface area contributed by atoms with Crippen molar-refractivity contribution in [1.29, 1.82) is 0 Å². The van der Waals surface area contributed by atoms with Gasteiger partial charge < -0.3 is 4.90 Å². The van der Waals surface area contributed by atoms with E-state index in [-0.39, 0.29) is 12.5 Å². The Balaban J connectivity index is 3.06. The molecule has 0 atom stereocenters. The standard InChI is InChI=1S/C19H26F2N2/c1-13(2)8-7-9-19(23(5)6)22-12-17-16(14(3)4)10-15(20)11-18(17)21/h7-8,10-11,14H,1,9,12H2,2-6H3/b8-7-,22-19-. The van der Waals surface area contributed by atoms with Gasteiger partial charge in [0.1, 0.15) is 17.5 Å². The zero-order valence-electron chi connectivity index (χ0n) is 14.7. The normalized spacial score (nSPS) is 12.3. The lowest BCUT2D eigenvalue weighted by Gasteiger charge is -2.16. The van der Waals surface area contributed by atoms with Gasteiger partial charge in [-0.3, -0.25) is 4.99 Å². The van der Waals surface area contributed by atoms with Crippen molar-refractivity contribution in [3.05, 3.63) is 59.2 Å². The summed E-state index contributed by atoms with van der Waals surface area (Å²) >= 11 is 0. The molecule has 0 fully saturated rings. The summed E-state index contributed by atoms with van der Waals surface area (Å²) in [7, 11) is 3.80. The molecule has 0 radical (unpaired) electrons. The van der Waals surface area contributed by atoms with E-state index in [0.717, 1.165) is 17.5 Å². The van der Waals surface area contributed by atoms with Crippen LogP contribution in [-0.2, 0) is 6.54 Å². The topological polar surface area (TPSA) is 15.6 Å². The first-order valence-electron chi connectivity index (χ1n) is 7.72. The van der Waals surface area contributed by atoms with E-state index >= 15 is 0 Å². The van der Waals surface area contributed by atoms with Gasteiger partial charge in [0.2, 0.25) is 0 Å². The van der Waals surface area contributed by atoms with Crippen LogP contribution in [0, 0.1) is 11.6 Å². The van der Waals surface area contributed by atoms with Crippen LogP contribution in [0.15, 0.2) is 41.4 Å². The van der Waals surface area contributed by atoms with Gasteiger partial charge >= 0.3 is 0 Å². The maximum absolute atomic E-state index is 14.1. The molecule has 0 aliphatic heterocycles. The molecule has 0 amide bonds. The van der Waals surface area contributed by atoms with Crippen LogP contribution in [0.25, 0.3) is 0 Å². The van der Waals surface area contributed by atoms with Crippen molar-refractivity contribution in [3.63, 3.8) is 0 Å². The van der Waals surface area contributed by atoms with Gasteiger partial charge in [0, 0.05) is 32.1 Å². The van der Waals surface area contributed by atoms with Crippen LogP contribution in [0.4, 0.5) is 8.78 Å². The second kappa shape index (κ2) is 8.61. The highest BCUT2D eigenvalue weighted by Gasteiger charge is 2.14. The minimum absolute atomic E-state index is 0.0384. The number of hydrogen-bond donors (Lipinski definition) is 0. The third kappa shape index (κ3) is 5.97. The fourth-order valence-corrected chi connectivity index (χ4v) is 2.23. The number of benzene rings is 1. The molecule has 0 bridgehead atoms. The van der Waals surface area contributed by atoms with Crippen LogP contribution in [-0.4, -0.2) is 24.8 Å². The Morgan fingerprint density at radius 2 is 1.96 bits per heavy atom. The number of aliphatic imine (C=N–C) groups is 1. The molecule has 4 heteroatoms. The fourth-order valence-electron chi connectivity index (χ4n) is 2.23. The molecule has 1 aromatic rings. The second-order valence-corrected chi connectivity index (χ2v) is 6.19. The van der Waals surface area contributed by atoms with Crippen LogP contribution < -0.4 is 0 Å². The highest BCUT2D eigenvalue weighted by Crippen LogP contribution is 2.24. The molecule has 1 aromatic carbocycles. The number of hydrogen-bond acceptors (Lipinski definition) is 1. The minimum Gasteiger partial charge on any atom is -0.366 e. The van der Waals surface area contributed by atoms with Crippen molar-refractivity contribution in [3.8, 4) is 0 Å². The molecule has 0 saturated carbocycles. The van der Waals surface area contributed by atoms with Gasteiger partial charge in [0.25, 0.3) is 0 Å². The first-order valence-corrected chi connectivity index (χ1v) is 7.72. The minimum atomic E-state index is -0.545. The molecule has 1 rings (SSSR count). The highest BCUT2D eigenvalue weighted by molar-refractivity contribution is 5.83. The van der Waals surface area contributed by atoms with Gasteiger partial charge in [0.15, 0.2) is 0 Å². The molecular formula is C19H26F2N2. The Kier molecular flexibility index (Phi) is 7.14. The number of rotatable bonds is 6. The first kappa shape index (κ1) is 19.1. The van der Waals surface area contributed by atoms with Crippen LogP contribution >= 0.6 is 0 Å². The average Bonchev–Trinajstić information content (AvgIpc) is 2.42. The summed E-state index contributed by atoms with van der Waals surface area (Å²) in [6, 6.07) is 2.32. The van der Waals surface area contributed by atoms with Crippen LogP contribution in [0.3, 0.4) is 0 Å². The lowest BCUT2D eigenvalue weighted by molar-refractivity contribution is 0.562. The number of allylic oxidation sites excluding steroid dienone is 2. The van der Waals surface area contributed by atoms with E-state index in [0.29, 0.717) is 17.5 Å². The highest BCUT2D eigenvalue weighted by atomic mass is 19.1. The Hall–Kier alpha value is -1.97. The summed E-state index contributed by atoms with van der Waals surface area (Å²) in [4.78, 5) is 6.43. The predicted octanol–water partition coefficient (Wildman–Crippen LogP) is 5.07. The molecule has 0 aromatic heterocycles. The third-order valence-electron chi connectivity index (χ3n) is 3.46. The zero-order chi connectivity index (χ0) is 17.6. The van der Waals surface area contributed by atoms with Crippen molar-refractivity contribution in [2.45, 2.75) is 39.7 Å². The van der Waals surface area contributed by atoms with Gasteiger partial charge in [-0.05, 0) is 24.5 Å². The van der Waals surface area contributed by atoms with E-state index in [9.17, 15) is 8.78 Å². The molecule has 0 N–H and O–H groups in total. The predicted molar refractivity (Wildman–Crippen MR) is 93.8 cm³/mol. The molecule has 23 heavy (non-hydrogen) atoms. The summed E-state index contributed by atoms with van der Waals surface area (Å²) in [5.41, 5.74) is 2.10. The van der Waals surface area contributed by atoms with Gasteiger partial charge in [-0.25, -0.2) is 8.78 Å². The largest absolute Gasteiger partial charge is 0.366 e. The van der Waals surface area contributed by atoms with Crippen LogP contribution in [0.2, 0.25) is 0 Å². The lowest BCUT2D eigenvalue weighted by Crippen LogP contribution is -2.21. The summed E-state index contributed by atoms with van der Waals surface area (Å²) in [6.07, 6.45) is 4.54. The van der Waals surface area contributed by atoms with Crippen molar-refractivity contribution < 1.29 is 8.78 Å². The van der Waals surface area contributed by atoms with Gasteiger partial charge in [-0.1, -0.05) is 38.2 Å². The van der Waals surface area contributed by atoms with Gasteiger partial charge in [-0.2, -0.15) is 0 Å². The first-order chi connectivity index (χ1) is 10.7. The molecule has 0 spiro atoms. The summed E-state index contributed by atoms with van der Waals surface area (Å²) in [5.74, 6) is -0.207. The summed E-state index contributed by atoms with van der Waals surface area (Å²) < 4.78 is 27.6. The van der Waals surface area contributed by atoms with E-state index in [1.54, 1.807) is 0 Å². The van der Waals surface area contributed by atoms with E-state index in [2.05, 4.69) is 11.6 Å². The fraction of sp³-hybridized carbons (Fsp3) is 0.421. The van der Waals surface area contributed by atoms with E-state index in [1.807, 2.05) is 51.9 Å². The van der Waals surface area contributed by atoms with Crippen molar-refractivity contribution in [1.82, 2.24) is 4.90 Å². The van der Waals surface area contributed by atoms with E-state index in [1.165, 1.54) is 6.07 Å². The second-order valence-electron chi connectivity index (χ2n) is 6.19. The smallest absolute Gasteiger partial charge is 0.131 e. The molecule has 2 nitrogen and oxygen atoms in total. The SMILES string of the molecule is C=C(C)/C=C\C/C(=N/Cc1c(F)cc(F)cc1C(C)C)N(C)C. The number of nitrogens with zero attached hydrogens (tertiary/aromatic N) is 2. The molecule has 0 aliphatic carbocycles. The quantitative estimate of drug-likeness (QED) is 0.406. The molecule has 126 valence electrons. The molecule has 0 heterocycles. The summed E-state index contributed by atoms with van der Waals surface area (Å²) in [6.45, 7) is 9.78. The third-order valence-corrected chi connectivity index (χ3v) is 3.46. The average molecular weight is 320 g/mol. The van der Waals surface area contributed by atoms with Crippen molar-refractivity contribution in [2.75, 3.05) is 14.1 Å². The Labute approximate surface area is 138 Å². The number of amidine groups is 1. The Morgan fingerprint density at radius 3 is 2.48 bits per heavy atom. The van der Waals surface area contributed by atoms with Crippen molar-refractivity contribution in [2.24, 2.45) is 4.99 Å². The Bertz CT molecular complexity index is 614. The molecular weight excluding hydrogens is 294 g/mol. The monoisotopic (exact) mass is 320 g/mol. The number of halogens is 2. The Morgan fingerprint density at radius 1 is 1.30 bits per heavy atom. The maximum Gasteiger partial charge on any atom is 0.131 e. The maximum atomic E-state index is 14.1. The van der Waals surface area contributed by atoms with Crippen LogP contribution in [0.5, 0.6) is 0 Å². The van der Waals surface area contributed by atoms with Gasteiger partial charge in [-0.15, -0.1) is 0 Å². The van der Waals surface area contributed by atoms with Crippen LogP contribution in [0.1, 0.15) is 44.2 Å². The van der Waals surface area contributed by atoms with Crippen molar-refractivity contribution >= 4 is 5.84 Å².